The molecule has 1 aliphatic heterocycles. The van der Waals surface area contributed by atoms with Gasteiger partial charge < -0.3 is 10.2 Å². The van der Waals surface area contributed by atoms with Gasteiger partial charge in [0, 0.05) is 16.6 Å². The van der Waals surface area contributed by atoms with Gasteiger partial charge in [0.15, 0.2) is 0 Å². The Bertz CT molecular complexity index is 466. The Morgan fingerprint density at radius 2 is 1.95 bits per heavy atom. The molecule has 116 valence electrons. The maximum absolute atomic E-state index is 3.94. The Morgan fingerprint density at radius 1 is 1.14 bits per heavy atom. The van der Waals surface area contributed by atoms with Gasteiger partial charge in [-0.05, 0) is 81.4 Å². The number of rotatable bonds is 4. The van der Waals surface area contributed by atoms with Gasteiger partial charge in [-0.2, -0.15) is 0 Å². The number of halogens is 1. The number of piperidine rings is 1. The lowest BCUT2D eigenvalue weighted by Gasteiger charge is -2.36. The number of nitrogens with one attached hydrogen (secondary N) is 1. The summed E-state index contributed by atoms with van der Waals surface area (Å²) in [6, 6.07) is 8.21. The molecule has 2 aliphatic rings. The Hall–Kier alpha value is -0.380. The van der Waals surface area contributed by atoms with Gasteiger partial charge in [-0.15, -0.1) is 0 Å². The van der Waals surface area contributed by atoms with E-state index in [9.17, 15) is 0 Å². The first-order chi connectivity index (χ1) is 10.2. The van der Waals surface area contributed by atoms with Crippen molar-refractivity contribution in [3.63, 3.8) is 0 Å². The van der Waals surface area contributed by atoms with Crippen LogP contribution in [0.2, 0.25) is 0 Å². The van der Waals surface area contributed by atoms with E-state index < -0.39 is 0 Å². The van der Waals surface area contributed by atoms with Crippen LogP contribution in [-0.2, 0) is 12.8 Å². The zero-order valence-corrected chi connectivity index (χ0v) is 14.7. The Kier molecular flexibility index (Phi) is 5.36. The fraction of sp³-hybridized carbons (Fsp3) is 0.667. The maximum atomic E-state index is 3.94. The van der Waals surface area contributed by atoms with Crippen molar-refractivity contribution in [3.05, 3.63) is 33.8 Å². The van der Waals surface area contributed by atoms with Crippen molar-refractivity contribution in [2.45, 2.75) is 57.5 Å². The lowest BCUT2D eigenvalue weighted by molar-refractivity contribution is 0.188. The fourth-order valence-electron chi connectivity index (χ4n) is 3.84. The molecule has 3 heteroatoms. The Morgan fingerprint density at radius 3 is 2.71 bits per heavy atom. The minimum atomic E-state index is 0.682. The van der Waals surface area contributed by atoms with Crippen molar-refractivity contribution < 1.29 is 0 Å². The van der Waals surface area contributed by atoms with Crippen LogP contribution < -0.4 is 5.32 Å². The van der Waals surface area contributed by atoms with Crippen LogP contribution in [0.25, 0.3) is 0 Å². The van der Waals surface area contributed by atoms with Crippen LogP contribution in [0.3, 0.4) is 0 Å². The molecule has 1 atom stereocenters. The molecule has 21 heavy (non-hydrogen) atoms. The van der Waals surface area contributed by atoms with E-state index in [0.717, 1.165) is 6.04 Å². The minimum absolute atomic E-state index is 0.682. The molecule has 3 rings (SSSR count). The summed E-state index contributed by atoms with van der Waals surface area (Å²) >= 11 is 3.58. The first kappa shape index (κ1) is 15.5. The van der Waals surface area contributed by atoms with Gasteiger partial charge in [0.1, 0.15) is 0 Å². The molecule has 1 aliphatic carbocycles. The molecule has 1 saturated heterocycles. The SMILES string of the molecule is CCCN1CCC(NC2CCc3cc(Br)ccc3C2)CC1. The number of nitrogens with zero attached hydrogens (tertiary/aromatic N) is 1. The van der Waals surface area contributed by atoms with Gasteiger partial charge in [-0.1, -0.05) is 28.9 Å². The first-order valence-electron chi connectivity index (χ1n) is 8.50. The summed E-state index contributed by atoms with van der Waals surface area (Å²) in [5.41, 5.74) is 3.09. The molecule has 1 aromatic rings. The van der Waals surface area contributed by atoms with Gasteiger partial charge >= 0.3 is 0 Å². The molecule has 1 fully saturated rings. The molecular weight excluding hydrogens is 324 g/mol. The normalized spacial score (nSPS) is 24.0. The molecular formula is C18H27BrN2. The summed E-state index contributed by atoms with van der Waals surface area (Å²) in [6.07, 6.45) is 7.65. The van der Waals surface area contributed by atoms with Crippen LogP contribution in [-0.4, -0.2) is 36.6 Å². The maximum Gasteiger partial charge on any atom is 0.0178 e. The largest absolute Gasteiger partial charge is 0.311 e. The highest BCUT2D eigenvalue weighted by Crippen LogP contribution is 2.25. The molecule has 0 spiro atoms. The second-order valence-electron chi connectivity index (χ2n) is 6.64. The lowest BCUT2D eigenvalue weighted by atomic mass is 9.87. The second kappa shape index (κ2) is 7.26. The molecule has 1 heterocycles. The van der Waals surface area contributed by atoms with Crippen molar-refractivity contribution in [1.29, 1.82) is 0 Å². The average Bonchev–Trinajstić information content (AvgIpc) is 2.50. The number of likely N-dealkylation sites (tertiary alicyclic amines) is 1. The molecule has 0 aromatic heterocycles. The van der Waals surface area contributed by atoms with Crippen molar-refractivity contribution in [1.82, 2.24) is 10.2 Å². The monoisotopic (exact) mass is 350 g/mol. The number of hydrogen-bond acceptors (Lipinski definition) is 2. The third kappa shape index (κ3) is 4.08. The van der Waals surface area contributed by atoms with E-state index in [2.05, 4.69) is 51.3 Å². The van der Waals surface area contributed by atoms with Gasteiger partial charge in [0.05, 0.1) is 0 Å². The van der Waals surface area contributed by atoms with E-state index in [-0.39, 0.29) is 0 Å². The summed E-state index contributed by atoms with van der Waals surface area (Å²) in [7, 11) is 0. The zero-order valence-electron chi connectivity index (χ0n) is 13.1. The third-order valence-corrected chi connectivity index (χ3v) is 5.49. The number of fused-ring (bicyclic) bond motifs is 1. The average molecular weight is 351 g/mol. The highest BCUT2D eigenvalue weighted by atomic mass is 79.9. The summed E-state index contributed by atoms with van der Waals surface area (Å²) in [5, 5.41) is 3.94. The summed E-state index contributed by atoms with van der Waals surface area (Å²) in [5.74, 6) is 0. The van der Waals surface area contributed by atoms with Crippen LogP contribution in [0.1, 0.15) is 43.7 Å². The zero-order chi connectivity index (χ0) is 14.7. The van der Waals surface area contributed by atoms with Crippen molar-refractivity contribution in [2.75, 3.05) is 19.6 Å². The quantitative estimate of drug-likeness (QED) is 0.888. The molecule has 2 nitrogen and oxygen atoms in total. The second-order valence-corrected chi connectivity index (χ2v) is 7.55. The van der Waals surface area contributed by atoms with Gasteiger partial charge in [0.25, 0.3) is 0 Å². The first-order valence-corrected chi connectivity index (χ1v) is 9.29. The minimum Gasteiger partial charge on any atom is -0.311 e. The third-order valence-electron chi connectivity index (χ3n) is 5.00. The highest BCUT2D eigenvalue weighted by Gasteiger charge is 2.24. The standard InChI is InChI=1S/C18H27BrN2/c1-2-9-21-10-7-17(8-11-21)20-18-6-4-14-12-16(19)5-3-15(14)13-18/h3,5,12,17-18,20H,2,4,6-11,13H2,1H3. The lowest BCUT2D eigenvalue weighted by Crippen LogP contribution is -2.47. The van der Waals surface area contributed by atoms with Crippen molar-refractivity contribution >= 4 is 15.9 Å². The summed E-state index contributed by atoms with van der Waals surface area (Å²) < 4.78 is 1.22. The number of aryl methyl sites for hydroxylation is 1. The topological polar surface area (TPSA) is 15.3 Å². The fourth-order valence-corrected chi connectivity index (χ4v) is 4.25. The predicted octanol–water partition coefficient (Wildman–Crippen LogP) is 3.77. The number of benzene rings is 1. The van der Waals surface area contributed by atoms with Gasteiger partial charge in [0.2, 0.25) is 0 Å². The molecule has 0 amide bonds. The Labute approximate surface area is 137 Å². The van der Waals surface area contributed by atoms with E-state index in [1.807, 2.05) is 0 Å². The van der Waals surface area contributed by atoms with Crippen LogP contribution in [0.15, 0.2) is 22.7 Å². The number of hydrogen-bond donors (Lipinski definition) is 1. The van der Waals surface area contributed by atoms with Gasteiger partial charge in [-0.3, -0.25) is 0 Å². The van der Waals surface area contributed by atoms with E-state index in [0.29, 0.717) is 6.04 Å². The van der Waals surface area contributed by atoms with E-state index in [4.69, 9.17) is 0 Å². The van der Waals surface area contributed by atoms with E-state index in [1.54, 1.807) is 11.1 Å². The molecule has 0 saturated carbocycles. The molecule has 1 N–H and O–H groups in total. The molecule has 0 radical (unpaired) electrons. The summed E-state index contributed by atoms with van der Waals surface area (Å²) in [4.78, 5) is 2.62. The smallest absolute Gasteiger partial charge is 0.0178 e. The van der Waals surface area contributed by atoms with Crippen molar-refractivity contribution in [2.24, 2.45) is 0 Å². The van der Waals surface area contributed by atoms with Crippen molar-refractivity contribution in [3.8, 4) is 0 Å². The molecule has 1 unspecified atom stereocenters. The highest BCUT2D eigenvalue weighted by molar-refractivity contribution is 9.10. The predicted molar refractivity (Wildman–Crippen MR) is 92.8 cm³/mol. The van der Waals surface area contributed by atoms with Crippen LogP contribution in [0.4, 0.5) is 0 Å². The van der Waals surface area contributed by atoms with Crippen LogP contribution in [0.5, 0.6) is 0 Å². The van der Waals surface area contributed by atoms with Gasteiger partial charge in [-0.25, -0.2) is 0 Å². The Balaban J connectivity index is 1.50. The molecule has 0 bridgehead atoms. The van der Waals surface area contributed by atoms with E-state index >= 15 is 0 Å². The van der Waals surface area contributed by atoms with Crippen LogP contribution >= 0.6 is 15.9 Å². The summed E-state index contributed by atoms with van der Waals surface area (Å²) in [6.45, 7) is 6.12. The van der Waals surface area contributed by atoms with E-state index in [1.165, 1.54) is 62.6 Å². The molecule has 1 aromatic carbocycles. The van der Waals surface area contributed by atoms with Crippen LogP contribution in [0, 0.1) is 0 Å².